The summed E-state index contributed by atoms with van der Waals surface area (Å²) in [7, 11) is 3.14. The van der Waals surface area contributed by atoms with Gasteiger partial charge in [-0.2, -0.15) is 0 Å². The molecule has 6 nitrogen and oxygen atoms in total. The van der Waals surface area contributed by atoms with Crippen molar-refractivity contribution in [3.8, 4) is 0 Å². The highest BCUT2D eigenvalue weighted by Crippen LogP contribution is 2.25. The number of aliphatic carboxylic acids is 1. The number of aromatic nitrogens is 1. The molecule has 1 N–H and O–H groups in total. The zero-order valence-electron chi connectivity index (χ0n) is 13.9. The van der Waals surface area contributed by atoms with Crippen LogP contribution in [0.1, 0.15) is 24.2 Å². The number of ether oxygens (including phenoxy) is 1. The zero-order chi connectivity index (χ0) is 17.2. The molecule has 0 spiro atoms. The van der Waals surface area contributed by atoms with Crippen LogP contribution in [-0.4, -0.2) is 52.8 Å². The van der Waals surface area contributed by atoms with Gasteiger partial charge in [-0.15, -0.1) is 0 Å². The number of fused-ring (bicyclic) bond motifs is 1. The molecule has 23 heavy (non-hydrogen) atoms. The molecular weight excluding hydrogens is 296 g/mol. The van der Waals surface area contributed by atoms with Gasteiger partial charge in [0.2, 0.25) is 0 Å². The normalized spacial score (nSPS) is 11.7. The predicted molar refractivity (Wildman–Crippen MR) is 87.6 cm³/mol. The van der Waals surface area contributed by atoms with Gasteiger partial charge in [0.25, 0.3) is 5.91 Å². The summed E-state index contributed by atoms with van der Waals surface area (Å²) < 4.78 is 7.06. The fourth-order valence-electron chi connectivity index (χ4n) is 2.37. The molecule has 1 amide bonds. The van der Waals surface area contributed by atoms with E-state index in [0.29, 0.717) is 18.7 Å². The van der Waals surface area contributed by atoms with E-state index in [2.05, 4.69) is 0 Å². The largest absolute Gasteiger partial charge is 0.480 e. The summed E-state index contributed by atoms with van der Waals surface area (Å²) in [6.45, 7) is 4.17. The second kappa shape index (κ2) is 6.42. The lowest BCUT2D eigenvalue weighted by Gasteiger charge is -2.31. The first-order chi connectivity index (χ1) is 10.8. The van der Waals surface area contributed by atoms with E-state index in [4.69, 9.17) is 4.74 Å². The molecule has 1 aromatic heterocycles. The SMILES string of the molecule is COCCn1cc(C(=O)N(C)C(C)(C)C(=O)O)c2ccccc21. The number of nitrogens with zero attached hydrogens (tertiary/aromatic N) is 2. The number of hydrogen-bond acceptors (Lipinski definition) is 3. The molecular formula is C17H22N2O4. The van der Waals surface area contributed by atoms with E-state index < -0.39 is 11.5 Å². The van der Waals surface area contributed by atoms with Crippen molar-refractivity contribution in [3.63, 3.8) is 0 Å². The third-order valence-corrected chi connectivity index (χ3v) is 4.22. The number of carbonyl (C=O) groups excluding carboxylic acids is 1. The van der Waals surface area contributed by atoms with Crippen LogP contribution in [0.2, 0.25) is 0 Å². The first-order valence-corrected chi connectivity index (χ1v) is 7.39. The van der Waals surface area contributed by atoms with Crippen molar-refractivity contribution in [2.45, 2.75) is 25.9 Å². The van der Waals surface area contributed by atoms with Crippen LogP contribution in [0.15, 0.2) is 30.5 Å². The Balaban J connectivity index is 2.47. The standard InChI is InChI=1S/C17H22N2O4/c1-17(2,16(21)22)18(3)15(20)13-11-19(9-10-23-4)14-8-6-5-7-12(13)14/h5-8,11H,9-10H2,1-4H3,(H,21,22). The maximum Gasteiger partial charge on any atom is 0.329 e. The number of likely N-dealkylation sites (N-methyl/N-ethyl adjacent to an activating group) is 1. The molecule has 0 atom stereocenters. The molecule has 0 aliphatic heterocycles. The van der Waals surface area contributed by atoms with Crippen molar-refractivity contribution in [2.75, 3.05) is 20.8 Å². The van der Waals surface area contributed by atoms with E-state index in [1.165, 1.54) is 25.8 Å². The van der Waals surface area contributed by atoms with Crippen LogP contribution in [0.5, 0.6) is 0 Å². The average Bonchev–Trinajstić information content (AvgIpc) is 2.90. The summed E-state index contributed by atoms with van der Waals surface area (Å²) in [5.41, 5.74) is 0.135. The van der Waals surface area contributed by atoms with Gasteiger partial charge >= 0.3 is 5.97 Å². The highest BCUT2D eigenvalue weighted by Gasteiger charge is 2.36. The topological polar surface area (TPSA) is 71.8 Å². The number of methoxy groups -OCH3 is 1. The van der Waals surface area contributed by atoms with E-state index in [0.717, 1.165) is 10.9 Å². The molecule has 0 unspecified atom stereocenters. The number of carbonyl (C=O) groups is 2. The van der Waals surface area contributed by atoms with Crippen molar-refractivity contribution < 1.29 is 19.4 Å². The van der Waals surface area contributed by atoms with E-state index >= 15 is 0 Å². The molecule has 124 valence electrons. The van der Waals surface area contributed by atoms with Crippen LogP contribution in [0.3, 0.4) is 0 Å². The lowest BCUT2D eigenvalue weighted by molar-refractivity contribution is -0.147. The van der Waals surface area contributed by atoms with Crippen molar-refractivity contribution in [1.29, 1.82) is 0 Å². The number of para-hydroxylation sites is 1. The molecule has 0 bridgehead atoms. The van der Waals surface area contributed by atoms with Crippen molar-refractivity contribution in [1.82, 2.24) is 9.47 Å². The molecule has 0 fully saturated rings. The van der Waals surface area contributed by atoms with E-state index in [9.17, 15) is 14.7 Å². The number of benzene rings is 1. The summed E-state index contributed by atoms with van der Waals surface area (Å²) in [6, 6.07) is 7.57. The first kappa shape index (κ1) is 17.0. The monoisotopic (exact) mass is 318 g/mol. The van der Waals surface area contributed by atoms with E-state index in [1.54, 1.807) is 13.3 Å². The Hall–Kier alpha value is -2.34. The lowest BCUT2D eigenvalue weighted by atomic mass is 10.0. The minimum Gasteiger partial charge on any atom is -0.480 e. The Bertz CT molecular complexity index is 733. The summed E-state index contributed by atoms with van der Waals surface area (Å²) in [5, 5.41) is 10.1. The molecule has 0 aliphatic rings. The number of carboxylic acids is 1. The number of rotatable bonds is 6. The number of amides is 1. The Morgan fingerprint density at radius 1 is 1.30 bits per heavy atom. The molecule has 6 heteroatoms. The zero-order valence-corrected chi connectivity index (χ0v) is 13.9. The summed E-state index contributed by atoms with van der Waals surface area (Å²) in [5.74, 6) is -1.36. The van der Waals surface area contributed by atoms with E-state index in [1.807, 2.05) is 28.8 Å². The Morgan fingerprint density at radius 3 is 2.57 bits per heavy atom. The number of carboxylic acid groups (broad SMARTS) is 1. The Kier molecular flexibility index (Phi) is 4.75. The van der Waals surface area contributed by atoms with Gasteiger partial charge in [0.15, 0.2) is 0 Å². The minimum atomic E-state index is -1.28. The van der Waals surface area contributed by atoms with Crippen LogP contribution >= 0.6 is 0 Å². The van der Waals surface area contributed by atoms with Gasteiger partial charge in [0, 0.05) is 37.8 Å². The predicted octanol–water partition coefficient (Wildman–Crippen LogP) is 2.22. The second-order valence-electron chi connectivity index (χ2n) is 5.97. The van der Waals surface area contributed by atoms with Crippen LogP contribution in [0, 0.1) is 0 Å². The third-order valence-electron chi connectivity index (χ3n) is 4.22. The maximum atomic E-state index is 12.8. The molecule has 1 aromatic carbocycles. The molecule has 0 radical (unpaired) electrons. The van der Waals surface area contributed by atoms with Gasteiger partial charge < -0.3 is 19.3 Å². The number of hydrogen-bond donors (Lipinski definition) is 1. The molecule has 2 rings (SSSR count). The minimum absolute atomic E-state index is 0.315. The molecule has 2 aromatic rings. The molecule has 0 saturated carbocycles. The van der Waals surface area contributed by atoms with Gasteiger partial charge in [-0.05, 0) is 19.9 Å². The van der Waals surface area contributed by atoms with Crippen molar-refractivity contribution in [2.24, 2.45) is 0 Å². The quantitative estimate of drug-likeness (QED) is 0.886. The van der Waals surface area contributed by atoms with Crippen LogP contribution in [-0.2, 0) is 16.1 Å². The van der Waals surface area contributed by atoms with Gasteiger partial charge in [0.05, 0.1) is 12.2 Å². The maximum absolute atomic E-state index is 12.8. The Morgan fingerprint density at radius 2 is 1.96 bits per heavy atom. The van der Waals surface area contributed by atoms with Gasteiger partial charge in [-0.3, -0.25) is 4.79 Å². The van der Waals surface area contributed by atoms with Gasteiger partial charge in [0.1, 0.15) is 5.54 Å². The fraction of sp³-hybridized carbons (Fsp3) is 0.412. The van der Waals surface area contributed by atoms with Crippen molar-refractivity contribution in [3.05, 3.63) is 36.0 Å². The van der Waals surface area contributed by atoms with Crippen molar-refractivity contribution >= 4 is 22.8 Å². The summed E-state index contributed by atoms with van der Waals surface area (Å²) in [4.78, 5) is 25.5. The smallest absolute Gasteiger partial charge is 0.329 e. The van der Waals surface area contributed by atoms with E-state index in [-0.39, 0.29) is 5.91 Å². The highest BCUT2D eigenvalue weighted by molar-refractivity contribution is 6.08. The molecule has 1 heterocycles. The van der Waals surface area contributed by atoms with Gasteiger partial charge in [-0.25, -0.2) is 4.79 Å². The molecule has 0 saturated heterocycles. The van der Waals surface area contributed by atoms with Crippen LogP contribution in [0.4, 0.5) is 0 Å². The average molecular weight is 318 g/mol. The van der Waals surface area contributed by atoms with Gasteiger partial charge in [-0.1, -0.05) is 18.2 Å². The van der Waals surface area contributed by atoms with Crippen LogP contribution < -0.4 is 0 Å². The lowest BCUT2D eigenvalue weighted by Crippen LogP contribution is -2.50. The summed E-state index contributed by atoms with van der Waals surface area (Å²) >= 11 is 0. The van der Waals surface area contributed by atoms with Crippen LogP contribution in [0.25, 0.3) is 10.9 Å². The molecule has 0 aliphatic carbocycles. The highest BCUT2D eigenvalue weighted by atomic mass is 16.5. The fourth-order valence-corrected chi connectivity index (χ4v) is 2.37. The third kappa shape index (κ3) is 3.07. The Labute approximate surface area is 135 Å². The second-order valence-corrected chi connectivity index (χ2v) is 5.97. The summed E-state index contributed by atoms with van der Waals surface area (Å²) in [6.07, 6.45) is 1.76. The first-order valence-electron chi connectivity index (χ1n) is 7.39.